The number of rotatable bonds is 2. The summed E-state index contributed by atoms with van der Waals surface area (Å²) in [6.45, 7) is 0. The predicted molar refractivity (Wildman–Crippen MR) is 50.7 cm³/mol. The van der Waals surface area contributed by atoms with Gasteiger partial charge in [-0.2, -0.15) is 0 Å². The molecule has 0 saturated carbocycles. The summed E-state index contributed by atoms with van der Waals surface area (Å²) in [5.74, 6) is 0. The Balaban J connectivity index is 2.47. The molecule has 0 radical (unpaired) electrons. The van der Waals surface area contributed by atoms with Crippen molar-refractivity contribution in [3.63, 3.8) is 0 Å². The van der Waals surface area contributed by atoms with Crippen molar-refractivity contribution in [3.8, 4) is 11.4 Å². The van der Waals surface area contributed by atoms with Crippen LogP contribution < -0.4 is 0 Å². The van der Waals surface area contributed by atoms with Gasteiger partial charge in [0.05, 0.1) is 11.4 Å². The van der Waals surface area contributed by atoms with Crippen LogP contribution in [-0.4, -0.2) is 21.2 Å². The first-order chi connectivity index (χ1) is 6.90. The number of hydrogen-bond donors (Lipinski definition) is 0. The van der Waals surface area contributed by atoms with Crippen LogP contribution in [-0.2, 0) is 0 Å². The number of nitrogens with zero attached hydrogens (tertiary/aromatic N) is 3. The summed E-state index contributed by atoms with van der Waals surface area (Å²) in [6, 6.07) is 7.13. The maximum atomic E-state index is 10.5. The molecule has 0 unspecified atom stereocenters. The number of hydrogen-bond acceptors (Lipinski definition) is 4. The normalized spacial score (nSPS) is 9.71. The second-order valence-electron chi connectivity index (χ2n) is 2.66. The molecule has 0 saturated heterocycles. The largest absolute Gasteiger partial charge is 0.296 e. The van der Waals surface area contributed by atoms with Crippen LogP contribution in [0.2, 0.25) is 0 Å². The lowest BCUT2D eigenvalue weighted by Gasteiger charge is -1.98. The molecule has 0 bridgehead atoms. The van der Waals surface area contributed by atoms with E-state index in [0.29, 0.717) is 17.7 Å². The molecular weight excluding hydrogens is 178 g/mol. The van der Waals surface area contributed by atoms with Gasteiger partial charge >= 0.3 is 0 Å². The van der Waals surface area contributed by atoms with Gasteiger partial charge in [0.25, 0.3) is 0 Å². The van der Waals surface area contributed by atoms with E-state index >= 15 is 0 Å². The molecule has 0 aromatic carbocycles. The summed E-state index contributed by atoms with van der Waals surface area (Å²) in [5.41, 5.74) is 1.75. The van der Waals surface area contributed by atoms with Crippen LogP contribution >= 0.6 is 0 Å². The Morgan fingerprint density at radius 3 is 2.71 bits per heavy atom. The van der Waals surface area contributed by atoms with Crippen molar-refractivity contribution in [2.45, 2.75) is 0 Å². The zero-order valence-electron chi connectivity index (χ0n) is 7.29. The molecule has 0 aliphatic carbocycles. The fraction of sp³-hybridized carbons (Fsp3) is 0. The van der Waals surface area contributed by atoms with Crippen molar-refractivity contribution in [2.75, 3.05) is 0 Å². The second kappa shape index (κ2) is 3.74. The van der Waals surface area contributed by atoms with E-state index in [9.17, 15) is 4.79 Å². The van der Waals surface area contributed by atoms with Crippen molar-refractivity contribution in [1.29, 1.82) is 0 Å². The average molecular weight is 185 g/mol. The van der Waals surface area contributed by atoms with E-state index in [4.69, 9.17) is 0 Å². The lowest BCUT2D eigenvalue weighted by Crippen LogP contribution is -1.92. The van der Waals surface area contributed by atoms with Crippen molar-refractivity contribution < 1.29 is 4.79 Å². The first kappa shape index (κ1) is 8.50. The molecule has 0 atom stereocenters. The molecule has 14 heavy (non-hydrogen) atoms. The molecule has 0 aliphatic heterocycles. The van der Waals surface area contributed by atoms with Crippen LogP contribution in [0.3, 0.4) is 0 Å². The molecule has 0 amide bonds. The van der Waals surface area contributed by atoms with Gasteiger partial charge in [0.1, 0.15) is 12.0 Å². The predicted octanol–water partition coefficient (Wildman–Crippen LogP) is 1.35. The Bertz CT molecular complexity index is 442. The second-order valence-corrected chi connectivity index (χ2v) is 2.66. The zero-order chi connectivity index (χ0) is 9.80. The number of aldehydes is 1. The highest BCUT2D eigenvalue weighted by atomic mass is 16.1. The standard InChI is InChI=1S/C10H7N3O/c14-6-8-5-10(13-7-12-8)9-3-1-2-4-11-9/h1-7H. The van der Waals surface area contributed by atoms with Crippen LogP contribution in [0.1, 0.15) is 10.5 Å². The summed E-state index contributed by atoms with van der Waals surface area (Å²) < 4.78 is 0. The highest BCUT2D eigenvalue weighted by Gasteiger charge is 2.00. The van der Waals surface area contributed by atoms with E-state index in [2.05, 4.69) is 15.0 Å². The molecule has 68 valence electrons. The molecular formula is C10H7N3O. The highest BCUT2D eigenvalue weighted by Crippen LogP contribution is 2.12. The van der Waals surface area contributed by atoms with Gasteiger partial charge in [0.2, 0.25) is 0 Å². The Hall–Kier alpha value is -2.10. The van der Waals surface area contributed by atoms with Crippen LogP contribution in [0.25, 0.3) is 11.4 Å². The monoisotopic (exact) mass is 185 g/mol. The van der Waals surface area contributed by atoms with Crippen molar-refractivity contribution in [3.05, 3.63) is 42.5 Å². The van der Waals surface area contributed by atoms with E-state index in [1.807, 2.05) is 18.2 Å². The van der Waals surface area contributed by atoms with Gasteiger partial charge in [-0.3, -0.25) is 9.78 Å². The van der Waals surface area contributed by atoms with Crippen LogP contribution in [0.15, 0.2) is 36.8 Å². The van der Waals surface area contributed by atoms with Crippen molar-refractivity contribution in [1.82, 2.24) is 15.0 Å². The molecule has 0 aliphatic rings. The van der Waals surface area contributed by atoms with Crippen LogP contribution in [0, 0.1) is 0 Å². The Morgan fingerprint density at radius 2 is 2.00 bits per heavy atom. The van der Waals surface area contributed by atoms with Gasteiger partial charge in [-0.15, -0.1) is 0 Å². The summed E-state index contributed by atoms with van der Waals surface area (Å²) in [6.07, 6.45) is 3.72. The fourth-order valence-corrected chi connectivity index (χ4v) is 1.09. The molecule has 4 nitrogen and oxygen atoms in total. The molecule has 2 aromatic heterocycles. The van der Waals surface area contributed by atoms with Gasteiger partial charge in [-0.25, -0.2) is 9.97 Å². The lowest BCUT2D eigenvalue weighted by atomic mass is 10.2. The average Bonchev–Trinajstić information content (AvgIpc) is 2.30. The third kappa shape index (κ3) is 1.64. The quantitative estimate of drug-likeness (QED) is 0.662. The summed E-state index contributed by atoms with van der Waals surface area (Å²) in [5, 5.41) is 0. The number of carbonyl (C=O) groups is 1. The third-order valence-corrected chi connectivity index (χ3v) is 1.74. The van der Waals surface area contributed by atoms with E-state index in [1.54, 1.807) is 12.3 Å². The van der Waals surface area contributed by atoms with Crippen LogP contribution in [0.5, 0.6) is 0 Å². The smallest absolute Gasteiger partial charge is 0.168 e. The molecule has 0 spiro atoms. The summed E-state index contributed by atoms with van der Waals surface area (Å²) >= 11 is 0. The minimum absolute atomic E-state index is 0.362. The molecule has 2 heterocycles. The number of pyridine rings is 1. The van der Waals surface area contributed by atoms with Crippen molar-refractivity contribution >= 4 is 6.29 Å². The summed E-state index contributed by atoms with van der Waals surface area (Å²) in [4.78, 5) is 22.4. The third-order valence-electron chi connectivity index (χ3n) is 1.74. The maximum Gasteiger partial charge on any atom is 0.168 e. The number of carbonyl (C=O) groups excluding carboxylic acids is 1. The van der Waals surface area contributed by atoms with Gasteiger partial charge in [0.15, 0.2) is 6.29 Å². The SMILES string of the molecule is O=Cc1cc(-c2ccccn2)ncn1. The molecule has 2 aromatic rings. The van der Waals surface area contributed by atoms with Gasteiger partial charge < -0.3 is 0 Å². The fourth-order valence-electron chi connectivity index (χ4n) is 1.09. The van der Waals surface area contributed by atoms with Gasteiger partial charge in [-0.05, 0) is 18.2 Å². The first-order valence-corrected chi connectivity index (χ1v) is 4.09. The van der Waals surface area contributed by atoms with E-state index in [1.165, 1.54) is 6.33 Å². The minimum atomic E-state index is 0.362. The number of aromatic nitrogens is 3. The Labute approximate surface area is 80.7 Å². The zero-order valence-corrected chi connectivity index (χ0v) is 7.29. The topological polar surface area (TPSA) is 55.7 Å². The van der Waals surface area contributed by atoms with E-state index in [0.717, 1.165) is 5.69 Å². The lowest BCUT2D eigenvalue weighted by molar-refractivity contribution is 0.111. The van der Waals surface area contributed by atoms with Crippen LogP contribution in [0.4, 0.5) is 0 Å². The first-order valence-electron chi connectivity index (χ1n) is 4.09. The maximum absolute atomic E-state index is 10.5. The molecule has 2 rings (SSSR count). The highest BCUT2D eigenvalue weighted by molar-refractivity contribution is 5.74. The Morgan fingerprint density at radius 1 is 1.07 bits per heavy atom. The molecule has 0 fully saturated rings. The van der Waals surface area contributed by atoms with E-state index < -0.39 is 0 Å². The van der Waals surface area contributed by atoms with Gasteiger partial charge in [0, 0.05) is 6.20 Å². The molecule has 4 heteroatoms. The Kier molecular flexibility index (Phi) is 2.27. The minimum Gasteiger partial charge on any atom is -0.296 e. The van der Waals surface area contributed by atoms with Gasteiger partial charge in [-0.1, -0.05) is 6.07 Å². The molecule has 0 N–H and O–H groups in total. The van der Waals surface area contributed by atoms with E-state index in [-0.39, 0.29) is 0 Å². The van der Waals surface area contributed by atoms with Crippen molar-refractivity contribution in [2.24, 2.45) is 0 Å². The summed E-state index contributed by atoms with van der Waals surface area (Å²) in [7, 11) is 0.